The van der Waals surface area contributed by atoms with Crippen molar-refractivity contribution in [1.29, 1.82) is 0 Å². The zero-order chi connectivity index (χ0) is 20.8. The topological polar surface area (TPSA) is 37.0 Å². The first-order valence-electron chi connectivity index (χ1n) is 10.9. The molecule has 2 N–H and O–H groups in total. The Morgan fingerprint density at radius 2 is 0.964 bits per heavy atom. The van der Waals surface area contributed by atoms with E-state index in [9.17, 15) is 0 Å². The lowest BCUT2D eigenvalue weighted by Gasteiger charge is -2.50. The molecule has 28 heavy (non-hydrogen) atoms. The highest BCUT2D eigenvalue weighted by molar-refractivity contribution is 7.62. The van der Waals surface area contributed by atoms with Gasteiger partial charge in [-0.25, -0.2) is 4.98 Å². The molecule has 0 unspecified atom stereocenters. The summed E-state index contributed by atoms with van der Waals surface area (Å²) in [6.07, 6.45) is 7.90. The highest BCUT2D eigenvalue weighted by Crippen LogP contribution is 2.66. The Labute approximate surface area is 175 Å². The van der Waals surface area contributed by atoms with Crippen LogP contribution in [-0.4, -0.2) is 25.6 Å². The molecule has 3 heterocycles. The third kappa shape index (κ3) is 4.67. The van der Waals surface area contributed by atoms with E-state index in [0.29, 0.717) is 20.6 Å². The first kappa shape index (κ1) is 22.3. The van der Waals surface area contributed by atoms with E-state index in [0.717, 1.165) is 11.6 Å². The summed E-state index contributed by atoms with van der Waals surface area (Å²) in [5.74, 6) is 2.09. The molecule has 0 spiro atoms. The van der Waals surface area contributed by atoms with Crippen LogP contribution in [0.3, 0.4) is 0 Å². The molecule has 0 saturated carbocycles. The molecule has 2 aliphatic rings. The summed E-state index contributed by atoms with van der Waals surface area (Å²) < 4.78 is 0. The molecule has 0 aromatic carbocycles. The van der Waals surface area contributed by atoms with E-state index < -0.39 is 0 Å². The van der Waals surface area contributed by atoms with Crippen molar-refractivity contribution in [2.75, 3.05) is 10.2 Å². The fourth-order valence-electron chi connectivity index (χ4n) is 5.39. The maximum absolute atomic E-state index is 5.03. The highest BCUT2D eigenvalue weighted by Gasteiger charge is 2.45. The summed E-state index contributed by atoms with van der Waals surface area (Å²) in [5, 5.41) is 9.19. The Hall–Kier alpha value is -0.390. The van der Waals surface area contributed by atoms with Gasteiger partial charge in [-0.05, 0) is 37.8 Å². The van der Waals surface area contributed by atoms with E-state index in [-0.39, 0.29) is 16.1 Å². The summed E-state index contributed by atoms with van der Waals surface area (Å²) in [6.45, 7) is 19.5. The third-order valence-electron chi connectivity index (χ3n) is 6.78. The van der Waals surface area contributed by atoms with E-state index in [1.54, 1.807) is 0 Å². The molecule has 0 amide bonds. The lowest BCUT2D eigenvalue weighted by molar-refractivity contribution is 0.468. The molecule has 3 rings (SSSR count). The number of aromatic nitrogens is 1. The van der Waals surface area contributed by atoms with Crippen molar-refractivity contribution in [3.05, 3.63) is 18.2 Å². The molecule has 0 atom stereocenters. The predicted molar refractivity (Wildman–Crippen MR) is 129 cm³/mol. The fourth-order valence-corrected chi connectivity index (χ4v) is 12.1. The van der Waals surface area contributed by atoms with E-state index >= 15 is 0 Å². The van der Waals surface area contributed by atoms with Crippen LogP contribution in [0.5, 0.6) is 0 Å². The molecule has 3 nitrogen and oxygen atoms in total. The van der Waals surface area contributed by atoms with Crippen LogP contribution >= 0.6 is 16.1 Å². The van der Waals surface area contributed by atoms with Crippen LogP contribution in [0.2, 0.25) is 0 Å². The molecule has 158 valence electrons. The summed E-state index contributed by atoms with van der Waals surface area (Å²) in [4.78, 5) is 5.03. The summed E-state index contributed by atoms with van der Waals surface area (Å²) in [5.41, 5.74) is 0. The summed E-state index contributed by atoms with van der Waals surface area (Å²) in [7, 11) is -0.679. The Balaban J connectivity index is 1.81. The zero-order valence-electron chi connectivity index (χ0n) is 19.3. The zero-order valence-corrected chi connectivity index (χ0v) is 21.1. The fraction of sp³-hybridized carbons (Fsp3) is 0.783. The van der Waals surface area contributed by atoms with Gasteiger partial charge in [-0.2, -0.15) is 0 Å². The van der Waals surface area contributed by atoms with Crippen LogP contribution in [-0.2, 0) is 0 Å². The SMILES string of the molecule is CC1(C)CCCC(C)(C)P1Nc1cccc(NP2C(C)(C)CCCC2(C)C)n1. The Morgan fingerprint density at radius 1 is 0.643 bits per heavy atom. The number of hydrogen-bond acceptors (Lipinski definition) is 3. The standard InChI is InChI=1S/C23H41N3P2/c1-20(2)14-10-15-21(3,4)27(20)25-18-12-9-13-19(24-18)26-28-22(5,6)16-11-17-23(28,7)8/h9,12-13H,10-11,14-17H2,1-8H3,(H2,24,25,26). The molecule has 0 aliphatic carbocycles. The van der Waals surface area contributed by atoms with Crippen molar-refractivity contribution >= 4 is 27.8 Å². The van der Waals surface area contributed by atoms with Gasteiger partial charge in [0.15, 0.2) is 0 Å². The number of pyridine rings is 1. The number of hydrogen-bond donors (Lipinski definition) is 2. The number of nitrogens with one attached hydrogen (secondary N) is 2. The van der Waals surface area contributed by atoms with Gasteiger partial charge in [-0.15, -0.1) is 0 Å². The van der Waals surface area contributed by atoms with Gasteiger partial charge in [-0.3, -0.25) is 0 Å². The van der Waals surface area contributed by atoms with Crippen LogP contribution in [0, 0.1) is 0 Å². The number of nitrogens with zero attached hydrogens (tertiary/aromatic N) is 1. The monoisotopic (exact) mass is 421 g/mol. The normalized spacial score (nSPS) is 26.6. The average molecular weight is 422 g/mol. The van der Waals surface area contributed by atoms with Gasteiger partial charge in [0, 0.05) is 36.8 Å². The largest absolute Gasteiger partial charge is 0.348 e. The minimum absolute atomic E-state index is 0.339. The van der Waals surface area contributed by atoms with Crippen molar-refractivity contribution in [3.63, 3.8) is 0 Å². The van der Waals surface area contributed by atoms with Gasteiger partial charge >= 0.3 is 0 Å². The average Bonchev–Trinajstić information content (AvgIpc) is 2.54. The van der Waals surface area contributed by atoms with E-state index in [1.807, 2.05) is 0 Å². The summed E-state index contributed by atoms with van der Waals surface area (Å²) >= 11 is 0. The van der Waals surface area contributed by atoms with Gasteiger partial charge in [0.2, 0.25) is 0 Å². The predicted octanol–water partition coefficient (Wildman–Crippen LogP) is 8.18. The van der Waals surface area contributed by atoms with Gasteiger partial charge < -0.3 is 10.2 Å². The second-order valence-electron chi connectivity index (χ2n) is 11.3. The molecular weight excluding hydrogens is 380 g/mol. The second kappa shape index (κ2) is 7.70. The lowest BCUT2D eigenvalue weighted by Crippen LogP contribution is -2.38. The van der Waals surface area contributed by atoms with Crippen molar-refractivity contribution in [2.24, 2.45) is 0 Å². The molecule has 5 heteroatoms. The Kier molecular flexibility index (Phi) is 6.13. The van der Waals surface area contributed by atoms with Crippen molar-refractivity contribution < 1.29 is 0 Å². The Morgan fingerprint density at radius 3 is 1.29 bits per heavy atom. The van der Waals surface area contributed by atoms with Crippen LogP contribution in [0.4, 0.5) is 11.6 Å². The van der Waals surface area contributed by atoms with Crippen LogP contribution < -0.4 is 10.2 Å². The number of anilines is 2. The maximum atomic E-state index is 5.03. The minimum atomic E-state index is -0.339. The van der Waals surface area contributed by atoms with Gasteiger partial charge in [0.25, 0.3) is 0 Å². The lowest BCUT2D eigenvalue weighted by atomic mass is 9.98. The highest BCUT2D eigenvalue weighted by atomic mass is 31.1. The van der Waals surface area contributed by atoms with E-state index in [2.05, 4.69) is 83.8 Å². The molecule has 2 aliphatic heterocycles. The minimum Gasteiger partial charge on any atom is -0.348 e. The molecule has 1 aromatic heterocycles. The van der Waals surface area contributed by atoms with Crippen molar-refractivity contribution in [2.45, 2.75) is 115 Å². The molecule has 2 fully saturated rings. The van der Waals surface area contributed by atoms with Crippen molar-refractivity contribution in [1.82, 2.24) is 4.98 Å². The number of rotatable bonds is 4. The van der Waals surface area contributed by atoms with Crippen LogP contribution in [0.1, 0.15) is 93.9 Å². The second-order valence-corrected chi connectivity index (χ2v) is 17.9. The third-order valence-corrected chi connectivity index (χ3v) is 13.4. The Bertz CT molecular complexity index is 610. The van der Waals surface area contributed by atoms with Gasteiger partial charge in [0.05, 0.1) is 0 Å². The smallest absolute Gasteiger partial charge is 0.131 e. The first-order valence-corrected chi connectivity index (χ1v) is 13.6. The molecule has 2 saturated heterocycles. The summed E-state index contributed by atoms with van der Waals surface area (Å²) in [6, 6.07) is 6.47. The van der Waals surface area contributed by atoms with Gasteiger partial charge in [-0.1, -0.05) is 74.3 Å². The molecule has 1 aromatic rings. The molecule has 0 radical (unpaired) electrons. The van der Waals surface area contributed by atoms with Crippen LogP contribution in [0.25, 0.3) is 0 Å². The van der Waals surface area contributed by atoms with E-state index in [4.69, 9.17) is 4.98 Å². The maximum Gasteiger partial charge on any atom is 0.131 e. The molecule has 0 bridgehead atoms. The van der Waals surface area contributed by atoms with Crippen molar-refractivity contribution in [3.8, 4) is 0 Å². The molecular formula is C23H41N3P2. The van der Waals surface area contributed by atoms with Gasteiger partial charge in [0.1, 0.15) is 11.6 Å². The van der Waals surface area contributed by atoms with E-state index in [1.165, 1.54) is 38.5 Å². The first-order chi connectivity index (χ1) is 12.8. The van der Waals surface area contributed by atoms with Crippen LogP contribution in [0.15, 0.2) is 18.2 Å². The quantitative estimate of drug-likeness (QED) is 0.481.